The first kappa shape index (κ1) is 15.4. The molecule has 8 heteroatoms. The van der Waals surface area contributed by atoms with Crippen LogP contribution in [0.15, 0.2) is 18.2 Å². The van der Waals surface area contributed by atoms with E-state index in [0.29, 0.717) is 5.56 Å². The van der Waals surface area contributed by atoms with Crippen molar-refractivity contribution in [1.82, 2.24) is 5.32 Å². The number of para-hydroxylation sites is 1. The molecule has 0 spiro atoms. The van der Waals surface area contributed by atoms with Crippen LogP contribution in [0.3, 0.4) is 0 Å². The maximum absolute atomic E-state index is 13.5. The molecule has 2 amide bonds. The average Bonchev–Trinajstić information content (AvgIpc) is 2.32. The molecule has 0 aliphatic carbocycles. The molecule has 0 bridgehead atoms. The SMILES string of the molecule is Cc1cccc(F)c1NC(=O)N[C@H](CC(=O)O)C(=O)O. The molecule has 0 saturated carbocycles. The smallest absolute Gasteiger partial charge is 0.326 e. The van der Waals surface area contributed by atoms with E-state index in [1.807, 2.05) is 5.32 Å². The van der Waals surface area contributed by atoms with Crippen molar-refractivity contribution in [3.63, 3.8) is 0 Å². The van der Waals surface area contributed by atoms with Crippen molar-refractivity contribution in [2.45, 2.75) is 19.4 Å². The lowest BCUT2D eigenvalue weighted by atomic mass is 10.2. The highest BCUT2D eigenvalue weighted by Crippen LogP contribution is 2.18. The van der Waals surface area contributed by atoms with Gasteiger partial charge in [-0.05, 0) is 18.6 Å². The Morgan fingerprint density at radius 2 is 1.95 bits per heavy atom. The largest absolute Gasteiger partial charge is 0.481 e. The van der Waals surface area contributed by atoms with Crippen molar-refractivity contribution in [3.05, 3.63) is 29.6 Å². The molecule has 108 valence electrons. The van der Waals surface area contributed by atoms with Crippen LogP contribution in [0.2, 0.25) is 0 Å². The minimum atomic E-state index is -1.60. The lowest BCUT2D eigenvalue weighted by molar-refractivity contribution is -0.145. The summed E-state index contributed by atoms with van der Waals surface area (Å²) in [6, 6.07) is 1.56. The number of carbonyl (C=O) groups is 3. The van der Waals surface area contributed by atoms with Gasteiger partial charge in [0.25, 0.3) is 0 Å². The van der Waals surface area contributed by atoms with Crippen LogP contribution in [-0.2, 0) is 9.59 Å². The van der Waals surface area contributed by atoms with Crippen molar-refractivity contribution in [2.75, 3.05) is 5.32 Å². The third-order valence-corrected chi connectivity index (χ3v) is 2.44. The fraction of sp³-hybridized carbons (Fsp3) is 0.250. The number of urea groups is 1. The van der Waals surface area contributed by atoms with E-state index < -0.39 is 36.2 Å². The lowest BCUT2D eigenvalue weighted by Crippen LogP contribution is -2.44. The summed E-state index contributed by atoms with van der Waals surface area (Å²) in [5.74, 6) is -3.54. The number of hydrogen-bond donors (Lipinski definition) is 4. The summed E-state index contributed by atoms with van der Waals surface area (Å²) in [5.41, 5.74) is 0.356. The molecule has 0 aliphatic heterocycles. The van der Waals surface area contributed by atoms with E-state index in [0.717, 1.165) is 6.07 Å². The van der Waals surface area contributed by atoms with Gasteiger partial charge >= 0.3 is 18.0 Å². The third kappa shape index (κ3) is 4.23. The van der Waals surface area contributed by atoms with Crippen LogP contribution in [0.4, 0.5) is 14.9 Å². The number of hydrogen-bond acceptors (Lipinski definition) is 3. The van der Waals surface area contributed by atoms with Crippen LogP contribution >= 0.6 is 0 Å². The summed E-state index contributed by atoms with van der Waals surface area (Å²) in [6.07, 6.45) is -0.779. The van der Waals surface area contributed by atoms with E-state index in [2.05, 4.69) is 5.32 Å². The minimum absolute atomic E-state index is 0.0931. The van der Waals surface area contributed by atoms with Gasteiger partial charge < -0.3 is 20.8 Å². The molecule has 0 heterocycles. The number of aryl methyl sites for hydroxylation is 1. The highest BCUT2D eigenvalue weighted by molar-refractivity contribution is 5.94. The van der Waals surface area contributed by atoms with Gasteiger partial charge in [-0.1, -0.05) is 12.1 Å². The van der Waals surface area contributed by atoms with E-state index >= 15 is 0 Å². The van der Waals surface area contributed by atoms with Gasteiger partial charge in [-0.15, -0.1) is 0 Å². The molecule has 1 aromatic carbocycles. The Bertz CT molecular complexity index is 526. The van der Waals surface area contributed by atoms with Gasteiger partial charge in [0.05, 0.1) is 12.1 Å². The van der Waals surface area contributed by atoms with Gasteiger partial charge in [-0.25, -0.2) is 14.0 Å². The van der Waals surface area contributed by atoms with Crippen LogP contribution in [0, 0.1) is 12.7 Å². The monoisotopic (exact) mass is 284 g/mol. The summed E-state index contributed by atoms with van der Waals surface area (Å²) in [4.78, 5) is 32.8. The van der Waals surface area contributed by atoms with Crippen molar-refractivity contribution < 1.29 is 29.0 Å². The van der Waals surface area contributed by atoms with Crippen LogP contribution in [0.25, 0.3) is 0 Å². The van der Waals surface area contributed by atoms with Gasteiger partial charge in [-0.2, -0.15) is 0 Å². The van der Waals surface area contributed by atoms with Gasteiger partial charge in [0.15, 0.2) is 0 Å². The fourth-order valence-electron chi connectivity index (χ4n) is 1.47. The first-order chi connectivity index (χ1) is 9.31. The Balaban J connectivity index is 2.76. The molecular weight excluding hydrogens is 271 g/mol. The normalized spacial score (nSPS) is 11.5. The number of halogens is 1. The number of benzene rings is 1. The molecular formula is C12H13FN2O5. The quantitative estimate of drug-likeness (QED) is 0.648. The highest BCUT2D eigenvalue weighted by Gasteiger charge is 2.23. The van der Waals surface area contributed by atoms with Crippen molar-refractivity contribution in [3.8, 4) is 0 Å². The number of nitrogens with one attached hydrogen (secondary N) is 2. The Hall–Kier alpha value is -2.64. The first-order valence-electron chi connectivity index (χ1n) is 5.58. The topological polar surface area (TPSA) is 116 Å². The second-order valence-electron chi connectivity index (χ2n) is 4.02. The molecule has 1 aromatic rings. The molecule has 1 rings (SSSR count). The molecule has 7 nitrogen and oxygen atoms in total. The minimum Gasteiger partial charge on any atom is -0.481 e. The van der Waals surface area contributed by atoms with Crippen LogP contribution in [0.1, 0.15) is 12.0 Å². The van der Waals surface area contributed by atoms with E-state index in [1.165, 1.54) is 6.07 Å². The number of carboxylic acids is 2. The molecule has 0 unspecified atom stereocenters. The predicted octanol–water partition coefficient (Wildman–Crippen LogP) is 1.18. The first-order valence-corrected chi connectivity index (χ1v) is 5.58. The summed E-state index contributed by atoms with van der Waals surface area (Å²) in [5, 5.41) is 21.4. The molecule has 1 atom stereocenters. The van der Waals surface area contributed by atoms with Crippen molar-refractivity contribution >= 4 is 23.7 Å². The second kappa shape index (κ2) is 6.50. The molecule has 0 aliphatic rings. The van der Waals surface area contributed by atoms with Gasteiger partial charge in [0.2, 0.25) is 0 Å². The number of amides is 2. The maximum atomic E-state index is 13.5. The second-order valence-corrected chi connectivity index (χ2v) is 4.02. The fourth-order valence-corrected chi connectivity index (χ4v) is 1.47. The number of rotatable bonds is 5. The molecule has 0 fully saturated rings. The Morgan fingerprint density at radius 3 is 2.45 bits per heavy atom. The van der Waals surface area contributed by atoms with Gasteiger partial charge in [0, 0.05) is 0 Å². The lowest BCUT2D eigenvalue weighted by Gasteiger charge is -2.14. The van der Waals surface area contributed by atoms with Crippen molar-refractivity contribution in [2.24, 2.45) is 0 Å². The standard InChI is InChI=1S/C12H13FN2O5/c1-6-3-2-4-7(13)10(6)15-12(20)14-8(11(18)19)5-9(16)17/h2-4,8H,5H2,1H3,(H,16,17)(H,18,19)(H2,14,15,20)/t8-/m1/s1. The molecule has 0 aromatic heterocycles. The Kier molecular flexibility index (Phi) is 5.01. The molecule has 0 radical (unpaired) electrons. The van der Waals surface area contributed by atoms with Crippen molar-refractivity contribution in [1.29, 1.82) is 0 Å². The van der Waals surface area contributed by atoms with Crippen LogP contribution in [0.5, 0.6) is 0 Å². The number of carboxylic acid groups (broad SMARTS) is 2. The zero-order valence-electron chi connectivity index (χ0n) is 10.5. The van der Waals surface area contributed by atoms with E-state index in [4.69, 9.17) is 10.2 Å². The van der Waals surface area contributed by atoms with E-state index in [9.17, 15) is 18.8 Å². The number of carbonyl (C=O) groups excluding carboxylic acids is 1. The van der Waals surface area contributed by atoms with E-state index in [-0.39, 0.29) is 5.69 Å². The van der Waals surface area contributed by atoms with E-state index in [1.54, 1.807) is 13.0 Å². The number of anilines is 1. The highest BCUT2D eigenvalue weighted by atomic mass is 19.1. The summed E-state index contributed by atoms with van der Waals surface area (Å²) in [6.45, 7) is 1.56. The molecule has 0 saturated heterocycles. The molecule has 4 N–H and O–H groups in total. The molecule has 20 heavy (non-hydrogen) atoms. The maximum Gasteiger partial charge on any atom is 0.326 e. The summed E-state index contributed by atoms with van der Waals surface area (Å²) in [7, 11) is 0. The van der Waals surface area contributed by atoms with Crippen LogP contribution in [-0.4, -0.2) is 34.2 Å². The average molecular weight is 284 g/mol. The van der Waals surface area contributed by atoms with Crippen LogP contribution < -0.4 is 10.6 Å². The third-order valence-electron chi connectivity index (χ3n) is 2.44. The van der Waals surface area contributed by atoms with Gasteiger partial charge in [0.1, 0.15) is 11.9 Å². The summed E-state index contributed by atoms with van der Waals surface area (Å²) < 4.78 is 13.5. The Labute approximate surface area is 113 Å². The predicted molar refractivity (Wildman–Crippen MR) is 67.0 cm³/mol. The number of aliphatic carboxylic acids is 2. The summed E-state index contributed by atoms with van der Waals surface area (Å²) >= 11 is 0. The van der Waals surface area contributed by atoms with Gasteiger partial charge in [-0.3, -0.25) is 4.79 Å². The zero-order valence-corrected chi connectivity index (χ0v) is 10.5. The zero-order chi connectivity index (χ0) is 15.3. The Morgan fingerprint density at radius 1 is 1.30 bits per heavy atom.